The van der Waals surface area contributed by atoms with Crippen LogP contribution in [0.5, 0.6) is 0 Å². The summed E-state index contributed by atoms with van der Waals surface area (Å²) in [5, 5.41) is 13.2. The molecular formula is C11H21NO2. The SMILES string of the molecule is CC(NC1CCCC1O)C1CCCO1. The van der Waals surface area contributed by atoms with Gasteiger partial charge in [-0.3, -0.25) is 0 Å². The first kappa shape index (κ1) is 10.4. The van der Waals surface area contributed by atoms with E-state index in [2.05, 4.69) is 12.2 Å². The second-order valence-corrected chi connectivity index (χ2v) is 4.61. The Morgan fingerprint density at radius 2 is 2.14 bits per heavy atom. The van der Waals surface area contributed by atoms with Crippen LogP contribution in [0.15, 0.2) is 0 Å². The van der Waals surface area contributed by atoms with Gasteiger partial charge in [0.2, 0.25) is 0 Å². The smallest absolute Gasteiger partial charge is 0.0726 e. The third kappa shape index (κ3) is 2.27. The molecule has 1 aliphatic carbocycles. The van der Waals surface area contributed by atoms with Crippen LogP contribution in [-0.4, -0.2) is 36.0 Å². The van der Waals surface area contributed by atoms with Crippen LogP contribution in [0.4, 0.5) is 0 Å². The lowest BCUT2D eigenvalue weighted by Crippen LogP contribution is -2.46. The van der Waals surface area contributed by atoms with Crippen molar-refractivity contribution in [3.8, 4) is 0 Å². The van der Waals surface area contributed by atoms with Crippen LogP contribution >= 0.6 is 0 Å². The predicted molar refractivity (Wildman–Crippen MR) is 55.2 cm³/mol. The van der Waals surface area contributed by atoms with Crippen molar-refractivity contribution in [1.82, 2.24) is 5.32 Å². The van der Waals surface area contributed by atoms with Crippen LogP contribution in [0, 0.1) is 0 Å². The van der Waals surface area contributed by atoms with Crippen molar-refractivity contribution in [2.45, 2.75) is 63.3 Å². The first-order valence-corrected chi connectivity index (χ1v) is 5.83. The van der Waals surface area contributed by atoms with Crippen molar-refractivity contribution in [1.29, 1.82) is 0 Å². The fraction of sp³-hybridized carbons (Fsp3) is 1.00. The molecule has 1 saturated heterocycles. The van der Waals surface area contributed by atoms with Gasteiger partial charge in [-0.25, -0.2) is 0 Å². The van der Waals surface area contributed by atoms with E-state index in [-0.39, 0.29) is 6.10 Å². The highest BCUT2D eigenvalue weighted by Gasteiger charge is 2.29. The summed E-state index contributed by atoms with van der Waals surface area (Å²) >= 11 is 0. The Morgan fingerprint density at radius 1 is 1.29 bits per heavy atom. The Labute approximate surface area is 85.8 Å². The van der Waals surface area contributed by atoms with E-state index < -0.39 is 0 Å². The van der Waals surface area contributed by atoms with Crippen molar-refractivity contribution in [2.75, 3.05) is 6.61 Å². The van der Waals surface area contributed by atoms with E-state index in [1.807, 2.05) is 0 Å². The third-order valence-electron chi connectivity index (χ3n) is 3.48. The van der Waals surface area contributed by atoms with Gasteiger partial charge in [0.1, 0.15) is 0 Å². The van der Waals surface area contributed by atoms with E-state index in [9.17, 15) is 5.11 Å². The highest BCUT2D eigenvalue weighted by atomic mass is 16.5. The van der Waals surface area contributed by atoms with Crippen LogP contribution in [0.1, 0.15) is 39.0 Å². The topological polar surface area (TPSA) is 41.5 Å². The summed E-state index contributed by atoms with van der Waals surface area (Å²) in [6, 6.07) is 0.685. The summed E-state index contributed by atoms with van der Waals surface area (Å²) in [4.78, 5) is 0. The van der Waals surface area contributed by atoms with Gasteiger partial charge in [0.05, 0.1) is 12.2 Å². The van der Waals surface area contributed by atoms with Gasteiger partial charge < -0.3 is 15.2 Å². The monoisotopic (exact) mass is 199 g/mol. The standard InChI is InChI=1S/C11H21NO2/c1-8(11-6-3-7-14-11)12-9-4-2-5-10(9)13/h8-13H,2-7H2,1H3. The quantitative estimate of drug-likeness (QED) is 0.714. The molecule has 0 radical (unpaired) electrons. The molecule has 4 atom stereocenters. The fourth-order valence-corrected chi connectivity index (χ4v) is 2.58. The van der Waals surface area contributed by atoms with Gasteiger partial charge in [-0.05, 0) is 39.0 Å². The number of nitrogens with one attached hydrogen (secondary N) is 1. The molecule has 2 aliphatic rings. The lowest BCUT2D eigenvalue weighted by molar-refractivity contribution is 0.0680. The van der Waals surface area contributed by atoms with Crippen LogP contribution in [0.3, 0.4) is 0 Å². The summed E-state index contributed by atoms with van der Waals surface area (Å²) in [6.07, 6.45) is 5.79. The maximum atomic E-state index is 9.68. The summed E-state index contributed by atoms with van der Waals surface area (Å²) in [5.74, 6) is 0. The average Bonchev–Trinajstić information content (AvgIpc) is 2.77. The minimum atomic E-state index is -0.140. The zero-order valence-electron chi connectivity index (χ0n) is 8.91. The zero-order valence-corrected chi connectivity index (χ0v) is 8.91. The first-order chi connectivity index (χ1) is 6.77. The zero-order chi connectivity index (χ0) is 9.97. The molecule has 0 aromatic heterocycles. The van der Waals surface area contributed by atoms with Crippen LogP contribution in [0.2, 0.25) is 0 Å². The van der Waals surface area contributed by atoms with E-state index in [0.29, 0.717) is 18.2 Å². The van der Waals surface area contributed by atoms with E-state index in [1.54, 1.807) is 0 Å². The molecule has 0 bridgehead atoms. The van der Waals surface area contributed by atoms with Crippen molar-refractivity contribution in [2.24, 2.45) is 0 Å². The van der Waals surface area contributed by atoms with Crippen molar-refractivity contribution >= 4 is 0 Å². The average molecular weight is 199 g/mol. The first-order valence-electron chi connectivity index (χ1n) is 5.83. The summed E-state index contributed by atoms with van der Waals surface area (Å²) in [5.41, 5.74) is 0. The molecule has 3 nitrogen and oxygen atoms in total. The summed E-state index contributed by atoms with van der Waals surface area (Å²) in [7, 11) is 0. The van der Waals surface area contributed by atoms with Crippen molar-refractivity contribution in [3.63, 3.8) is 0 Å². The van der Waals surface area contributed by atoms with Gasteiger partial charge in [-0.1, -0.05) is 0 Å². The minimum Gasteiger partial charge on any atom is -0.392 e. The lowest BCUT2D eigenvalue weighted by atomic mass is 10.1. The number of aliphatic hydroxyl groups is 1. The number of rotatable bonds is 3. The van der Waals surface area contributed by atoms with E-state index >= 15 is 0 Å². The molecule has 2 rings (SSSR count). The lowest BCUT2D eigenvalue weighted by Gasteiger charge is -2.25. The molecule has 1 aliphatic heterocycles. The van der Waals surface area contributed by atoms with Gasteiger partial charge in [0.25, 0.3) is 0 Å². The second-order valence-electron chi connectivity index (χ2n) is 4.61. The highest BCUT2D eigenvalue weighted by Crippen LogP contribution is 2.22. The number of aliphatic hydroxyl groups excluding tert-OH is 1. The maximum Gasteiger partial charge on any atom is 0.0726 e. The normalized spacial score (nSPS) is 40.3. The fourth-order valence-electron chi connectivity index (χ4n) is 2.58. The van der Waals surface area contributed by atoms with Crippen LogP contribution in [0.25, 0.3) is 0 Å². The predicted octanol–water partition coefficient (Wildman–Crippen LogP) is 1.06. The maximum absolute atomic E-state index is 9.68. The van der Waals surface area contributed by atoms with Crippen molar-refractivity contribution < 1.29 is 9.84 Å². The number of hydrogen-bond donors (Lipinski definition) is 2. The van der Waals surface area contributed by atoms with Crippen LogP contribution < -0.4 is 5.32 Å². The van der Waals surface area contributed by atoms with Crippen LogP contribution in [-0.2, 0) is 4.74 Å². The molecule has 0 aromatic rings. The molecule has 2 fully saturated rings. The molecule has 82 valence electrons. The van der Waals surface area contributed by atoms with E-state index in [0.717, 1.165) is 32.3 Å². The molecule has 0 aromatic carbocycles. The largest absolute Gasteiger partial charge is 0.392 e. The van der Waals surface area contributed by atoms with E-state index in [4.69, 9.17) is 4.74 Å². The molecule has 14 heavy (non-hydrogen) atoms. The Bertz CT molecular complexity index is 180. The third-order valence-corrected chi connectivity index (χ3v) is 3.48. The highest BCUT2D eigenvalue weighted by molar-refractivity contribution is 4.87. The van der Waals surface area contributed by atoms with Gasteiger partial charge in [-0.15, -0.1) is 0 Å². The number of ether oxygens (including phenoxy) is 1. The molecule has 0 amide bonds. The van der Waals surface area contributed by atoms with Gasteiger partial charge in [0.15, 0.2) is 0 Å². The van der Waals surface area contributed by atoms with Crippen molar-refractivity contribution in [3.05, 3.63) is 0 Å². The Morgan fingerprint density at radius 3 is 2.71 bits per heavy atom. The second kappa shape index (κ2) is 4.60. The molecular weight excluding hydrogens is 178 g/mol. The molecule has 1 saturated carbocycles. The molecule has 0 spiro atoms. The Balaban J connectivity index is 1.78. The summed E-state index contributed by atoms with van der Waals surface area (Å²) in [6.45, 7) is 3.07. The number of hydrogen-bond acceptors (Lipinski definition) is 3. The molecule has 2 N–H and O–H groups in total. The van der Waals surface area contributed by atoms with Gasteiger partial charge in [0, 0.05) is 18.7 Å². The summed E-state index contributed by atoms with van der Waals surface area (Å²) < 4.78 is 5.62. The minimum absolute atomic E-state index is 0.140. The molecule has 3 heteroatoms. The van der Waals surface area contributed by atoms with Gasteiger partial charge in [-0.2, -0.15) is 0 Å². The molecule has 1 heterocycles. The van der Waals surface area contributed by atoms with Gasteiger partial charge >= 0.3 is 0 Å². The Hall–Kier alpha value is -0.120. The van der Waals surface area contributed by atoms with E-state index in [1.165, 1.54) is 6.42 Å². The Kier molecular flexibility index (Phi) is 3.42. The molecule has 4 unspecified atom stereocenters.